The summed E-state index contributed by atoms with van der Waals surface area (Å²) in [7, 11) is 0. The van der Waals surface area contributed by atoms with Gasteiger partial charge in [-0.05, 0) is 54.7 Å². The lowest BCUT2D eigenvalue weighted by atomic mass is 9.93. The molecule has 0 bridgehead atoms. The first kappa shape index (κ1) is 16.0. The van der Waals surface area contributed by atoms with E-state index in [-0.39, 0.29) is 0 Å². The normalized spacial score (nSPS) is 15.0. The molecule has 0 atom stereocenters. The minimum atomic E-state index is 0.460. The molecule has 1 N–H and O–H groups in total. The Labute approximate surface area is 154 Å². The quantitative estimate of drug-likeness (QED) is 0.648. The molecule has 0 amide bonds. The largest absolute Gasteiger partial charge is 0.342 e. The van der Waals surface area contributed by atoms with E-state index in [0.29, 0.717) is 26.8 Å². The van der Waals surface area contributed by atoms with Crippen molar-refractivity contribution in [2.75, 3.05) is 18.0 Å². The summed E-state index contributed by atoms with van der Waals surface area (Å²) in [5.74, 6) is 1.51. The summed E-state index contributed by atoms with van der Waals surface area (Å²) in [6.07, 6.45) is 2.09. The molecule has 24 heavy (non-hydrogen) atoms. The molecule has 124 valence electrons. The van der Waals surface area contributed by atoms with Crippen LogP contribution in [0.1, 0.15) is 12.0 Å². The minimum absolute atomic E-state index is 0.460. The molecule has 0 spiro atoms. The number of pyridine rings is 1. The predicted octanol–water partition coefficient (Wildman–Crippen LogP) is 4.99. The lowest BCUT2D eigenvalue weighted by Crippen LogP contribution is -2.47. The van der Waals surface area contributed by atoms with Crippen LogP contribution in [0.2, 0.25) is 15.2 Å². The van der Waals surface area contributed by atoms with Gasteiger partial charge in [0.2, 0.25) is 5.95 Å². The van der Waals surface area contributed by atoms with Gasteiger partial charge in [-0.3, -0.25) is 0 Å². The molecule has 3 heterocycles. The van der Waals surface area contributed by atoms with E-state index in [9.17, 15) is 0 Å². The molecular weight excluding hydrogens is 367 g/mol. The van der Waals surface area contributed by atoms with Crippen molar-refractivity contribution in [2.24, 2.45) is 5.92 Å². The maximum atomic E-state index is 6.05. The van der Waals surface area contributed by atoms with Gasteiger partial charge in [0.05, 0.1) is 5.52 Å². The number of imidazole rings is 1. The summed E-state index contributed by atoms with van der Waals surface area (Å²) >= 11 is 18.0. The van der Waals surface area contributed by atoms with Crippen molar-refractivity contribution in [1.29, 1.82) is 0 Å². The molecule has 0 unspecified atom stereocenters. The molecule has 1 fully saturated rings. The first-order chi connectivity index (χ1) is 11.6. The number of nitrogens with one attached hydrogen (secondary N) is 1. The molecule has 4 nitrogen and oxygen atoms in total. The topological polar surface area (TPSA) is 44.8 Å². The van der Waals surface area contributed by atoms with E-state index < -0.39 is 0 Å². The van der Waals surface area contributed by atoms with E-state index in [1.165, 1.54) is 5.56 Å². The van der Waals surface area contributed by atoms with Crippen LogP contribution >= 0.6 is 34.8 Å². The maximum absolute atomic E-state index is 6.05. The average Bonchev–Trinajstić information content (AvgIpc) is 2.87. The molecule has 7 heteroatoms. The zero-order valence-corrected chi connectivity index (χ0v) is 15.0. The zero-order chi connectivity index (χ0) is 16.7. The van der Waals surface area contributed by atoms with Gasteiger partial charge in [0.1, 0.15) is 5.15 Å². The first-order valence-corrected chi connectivity index (χ1v) is 8.92. The van der Waals surface area contributed by atoms with Crippen molar-refractivity contribution >= 4 is 51.9 Å². The summed E-state index contributed by atoms with van der Waals surface area (Å²) in [5, 5.41) is 1.85. The average molecular weight is 382 g/mol. The highest BCUT2D eigenvalue weighted by molar-refractivity contribution is 6.34. The summed E-state index contributed by atoms with van der Waals surface area (Å²) < 4.78 is 0. The number of aromatic nitrogens is 3. The summed E-state index contributed by atoms with van der Waals surface area (Å²) in [6, 6.07) is 9.40. The van der Waals surface area contributed by atoms with E-state index in [2.05, 4.69) is 19.9 Å². The van der Waals surface area contributed by atoms with Crippen molar-refractivity contribution in [1.82, 2.24) is 15.0 Å². The molecule has 1 saturated heterocycles. The van der Waals surface area contributed by atoms with Crippen LogP contribution in [0.3, 0.4) is 0 Å². The standard InChI is InChI=1S/C17H15Cl3N4/c18-12-5-10(6-13(19)7-12)1-2-11-8-24(9-11)17-21-14-3-4-15(20)22-16(14)23-17/h3-7,11H,1-2,8-9H2,(H,21,22,23). The Morgan fingerprint density at radius 2 is 1.79 bits per heavy atom. The molecule has 3 aromatic rings. The molecule has 0 radical (unpaired) electrons. The van der Waals surface area contributed by atoms with E-state index in [0.717, 1.165) is 37.4 Å². The van der Waals surface area contributed by atoms with Crippen molar-refractivity contribution in [3.05, 3.63) is 51.1 Å². The lowest BCUT2D eigenvalue weighted by Gasteiger charge is -2.39. The summed E-state index contributed by atoms with van der Waals surface area (Å²) in [5.41, 5.74) is 2.76. The third kappa shape index (κ3) is 3.32. The summed E-state index contributed by atoms with van der Waals surface area (Å²) in [6.45, 7) is 1.98. The molecule has 2 aromatic heterocycles. The molecular formula is C17H15Cl3N4. The van der Waals surface area contributed by atoms with Crippen molar-refractivity contribution in [3.8, 4) is 0 Å². The predicted molar refractivity (Wildman–Crippen MR) is 99.4 cm³/mol. The Kier molecular flexibility index (Phi) is 4.29. The van der Waals surface area contributed by atoms with Crippen LogP contribution in [0.25, 0.3) is 11.2 Å². The highest BCUT2D eigenvalue weighted by atomic mass is 35.5. The van der Waals surface area contributed by atoms with Gasteiger partial charge in [-0.15, -0.1) is 0 Å². The number of halogens is 3. The van der Waals surface area contributed by atoms with E-state index in [4.69, 9.17) is 34.8 Å². The molecule has 0 aliphatic carbocycles. The Bertz CT molecular complexity index is 866. The fraction of sp³-hybridized carbons (Fsp3) is 0.294. The second-order valence-corrected chi connectivity index (χ2v) is 7.41. The van der Waals surface area contributed by atoms with Gasteiger partial charge in [0.15, 0.2) is 5.65 Å². The van der Waals surface area contributed by atoms with Crippen LogP contribution < -0.4 is 4.90 Å². The molecule has 1 aromatic carbocycles. The van der Waals surface area contributed by atoms with Crippen LogP contribution in [-0.4, -0.2) is 28.0 Å². The smallest absolute Gasteiger partial charge is 0.205 e. The summed E-state index contributed by atoms with van der Waals surface area (Å²) in [4.78, 5) is 14.3. The molecule has 1 aliphatic rings. The molecule has 1 aliphatic heterocycles. The maximum Gasteiger partial charge on any atom is 0.205 e. The Morgan fingerprint density at radius 1 is 1.04 bits per heavy atom. The van der Waals surface area contributed by atoms with Gasteiger partial charge in [-0.1, -0.05) is 34.8 Å². The van der Waals surface area contributed by atoms with Crippen molar-refractivity contribution in [3.63, 3.8) is 0 Å². The van der Waals surface area contributed by atoms with Crippen LogP contribution in [0, 0.1) is 5.92 Å². The van der Waals surface area contributed by atoms with E-state index in [1.54, 1.807) is 12.1 Å². The van der Waals surface area contributed by atoms with E-state index in [1.807, 2.05) is 18.2 Å². The molecule has 0 saturated carbocycles. The van der Waals surface area contributed by atoms with Gasteiger partial charge in [-0.2, -0.15) is 4.98 Å². The number of hydrogen-bond donors (Lipinski definition) is 1. The Morgan fingerprint density at radius 3 is 2.54 bits per heavy atom. The number of fused-ring (bicyclic) bond motifs is 1. The third-order valence-electron chi connectivity index (χ3n) is 4.32. The van der Waals surface area contributed by atoms with Crippen LogP contribution in [-0.2, 0) is 6.42 Å². The third-order valence-corrected chi connectivity index (χ3v) is 4.97. The number of hydrogen-bond acceptors (Lipinski definition) is 3. The number of rotatable bonds is 4. The minimum Gasteiger partial charge on any atom is -0.342 e. The van der Waals surface area contributed by atoms with Crippen LogP contribution in [0.15, 0.2) is 30.3 Å². The fourth-order valence-corrected chi connectivity index (χ4v) is 3.77. The van der Waals surface area contributed by atoms with Gasteiger partial charge in [0, 0.05) is 23.1 Å². The number of nitrogens with zero attached hydrogens (tertiary/aromatic N) is 3. The lowest BCUT2D eigenvalue weighted by molar-refractivity contribution is 0.380. The van der Waals surface area contributed by atoms with E-state index >= 15 is 0 Å². The Balaban J connectivity index is 1.35. The van der Waals surface area contributed by atoms with Gasteiger partial charge in [0.25, 0.3) is 0 Å². The monoisotopic (exact) mass is 380 g/mol. The highest BCUT2D eigenvalue weighted by Gasteiger charge is 2.28. The number of anilines is 1. The molecule has 4 rings (SSSR count). The van der Waals surface area contributed by atoms with Gasteiger partial charge >= 0.3 is 0 Å². The number of aromatic amines is 1. The van der Waals surface area contributed by atoms with Crippen molar-refractivity contribution in [2.45, 2.75) is 12.8 Å². The van der Waals surface area contributed by atoms with Gasteiger partial charge in [-0.25, -0.2) is 4.98 Å². The number of aryl methyl sites for hydroxylation is 1. The second kappa shape index (κ2) is 6.43. The van der Waals surface area contributed by atoms with Crippen LogP contribution in [0.4, 0.5) is 5.95 Å². The fourth-order valence-electron chi connectivity index (χ4n) is 3.06. The first-order valence-electron chi connectivity index (χ1n) is 7.79. The Hall–Kier alpha value is -1.49. The zero-order valence-electron chi connectivity index (χ0n) is 12.8. The SMILES string of the molecule is Clc1cc(Cl)cc(CCC2CN(c3nc4nc(Cl)ccc4[nH]3)C2)c1. The van der Waals surface area contributed by atoms with Crippen molar-refractivity contribution < 1.29 is 0 Å². The number of benzene rings is 1. The van der Waals surface area contributed by atoms with Gasteiger partial charge < -0.3 is 9.88 Å². The second-order valence-electron chi connectivity index (χ2n) is 6.15. The number of H-pyrrole nitrogens is 1. The van der Waals surface area contributed by atoms with Crippen LogP contribution in [0.5, 0.6) is 0 Å². The highest BCUT2D eigenvalue weighted by Crippen LogP contribution is 2.28.